The van der Waals surface area contributed by atoms with E-state index in [-0.39, 0.29) is 11.3 Å². The highest BCUT2D eigenvalue weighted by molar-refractivity contribution is 6.04. The molecule has 0 aliphatic heterocycles. The molecule has 2 aromatic rings. The summed E-state index contributed by atoms with van der Waals surface area (Å²) in [5, 5.41) is 14.8. The summed E-state index contributed by atoms with van der Waals surface area (Å²) in [6.07, 6.45) is 0. The van der Waals surface area contributed by atoms with Gasteiger partial charge in [0.15, 0.2) is 0 Å². The lowest BCUT2D eigenvalue weighted by Crippen LogP contribution is -2.16. The minimum absolute atomic E-state index is 0.109. The third-order valence-corrected chi connectivity index (χ3v) is 2.83. The maximum Gasteiger partial charge on any atom is 0.258 e. The number of rotatable bonds is 4. The Hall–Kier alpha value is -2.40. The molecule has 0 aliphatic rings. The van der Waals surface area contributed by atoms with Crippen LogP contribution < -0.4 is 10.6 Å². The first kappa shape index (κ1) is 14.0. The van der Waals surface area contributed by atoms with E-state index in [1.165, 1.54) is 12.1 Å². The molecule has 0 spiro atoms. The van der Waals surface area contributed by atoms with Crippen LogP contribution in [0.2, 0.25) is 0 Å². The summed E-state index contributed by atoms with van der Waals surface area (Å²) in [4.78, 5) is 12.0. The number of para-hydroxylation sites is 1. The second kappa shape index (κ2) is 6.16. The standard InChI is InChI=1S/C15H15FN2O2/c1-17-9-10-4-2-3-5-14(10)18-15(20)12-7-6-11(19)8-13(12)16/h2-8,17,19H,9H2,1H3,(H,18,20). The summed E-state index contributed by atoms with van der Waals surface area (Å²) < 4.78 is 13.6. The first-order valence-electron chi connectivity index (χ1n) is 6.14. The average Bonchev–Trinajstić information content (AvgIpc) is 2.41. The van der Waals surface area contributed by atoms with E-state index in [2.05, 4.69) is 10.6 Å². The zero-order valence-corrected chi connectivity index (χ0v) is 11.0. The van der Waals surface area contributed by atoms with Crippen molar-refractivity contribution in [3.63, 3.8) is 0 Å². The summed E-state index contributed by atoms with van der Waals surface area (Å²) in [5.41, 5.74) is 1.42. The zero-order valence-electron chi connectivity index (χ0n) is 11.0. The quantitative estimate of drug-likeness (QED) is 0.802. The molecule has 2 rings (SSSR count). The Morgan fingerprint density at radius 3 is 2.70 bits per heavy atom. The molecule has 2 aromatic carbocycles. The van der Waals surface area contributed by atoms with Crippen LogP contribution in [0.5, 0.6) is 5.75 Å². The van der Waals surface area contributed by atoms with Crippen molar-refractivity contribution < 1.29 is 14.3 Å². The highest BCUT2D eigenvalue weighted by Crippen LogP contribution is 2.19. The fourth-order valence-electron chi connectivity index (χ4n) is 1.86. The number of halogens is 1. The van der Waals surface area contributed by atoms with Crippen LogP contribution in [0.15, 0.2) is 42.5 Å². The summed E-state index contributed by atoms with van der Waals surface area (Å²) in [6, 6.07) is 10.7. The van der Waals surface area contributed by atoms with Gasteiger partial charge in [0.25, 0.3) is 5.91 Å². The van der Waals surface area contributed by atoms with E-state index in [9.17, 15) is 9.18 Å². The number of hydrogen-bond acceptors (Lipinski definition) is 3. The van der Waals surface area contributed by atoms with Gasteiger partial charge in [0.2, 0.25) is 0 Å². The number of amides is 1. The first-order valence-corrected chi connectivity index (χ1v) is 6.14. The lowest BCUT2D eigenvalue weighted by molar-refractivity contribution is 0.102. The molecule has 0 unspecified atom stereocenters. The van der Waals surface area contributed by atoms with Crippen LogP contribution in [0.3, 0.4) is 0 Å². The zero-order chi connectivity index (χ0) is 14.5. The Labute approximate surface area is 116 Å². The molecule has 0 bridgehead atoms. The van der Waals surface area contributed by atoms with Gasteiger partial charge in [0.05, 0.1) is 5.56 Å². The van der Waals surface area contributed by atoms with Gasteiger partial charge < -0.3 is 15.7 Å². The van der Waals surface area contributed by atoms with Crippen LogP contribution in [0.25, 0.3) is 0 Å². The Bertz CT molecular complexity index is 629. The maximum absolute atomic E-state index is 13.6. The Balaban J connectivity index is 2.23. The molecule has 0 fully saturated rings. The van der Waals surface area contributed by atoms with Crippen molar-refractivity contribution in [2.45, 2.75) is 6.54 Å². The molecular formula is C15H15FN2O2. The second-order valence-electron chi connectivity index (χ2n) is 4.31. The molecule has 0 radical (unpaired) electrons. The molecule has 0 aromatic heterocycles. The fraction of sp³-hybridized carbons (Fsp3) is 0.133. The topological polar surface area (TPSA) is 61.4 Å². The van der Waals surface area contributed by atoms with Crippen LogP contribution in [-0.2, 0) is 6.54 Å². The molecule has 104 valence electrons. The molecule has 20 heavy (non-hydrogen) atoms. The number of benzene rings is 2. The van der Waals surface area contributed by atoms with Gasteiger partial charge in [-0.25, -0.2) is 4.39 Å². The molecule has 0 heterocycles. The van der Waals surface area contributed by atoms with Crippen molar-refractivity contribution in [2.75, 3.05) is 12.4 Å². The first-order chi connectivity index (χ1) is 9.61. The summed E-state index contributed by atoms with van der Waals surface area (Å²) >= 11 is 0. The molecule has 0 aliphatic carbocycles. The van der Waals surface area contributed by atoms with Crippen molar-refractivity contribution in [1.82, 2.24) is 5.32 Å². The van der Waals surface area contributed by atoms with Crippen molar-refractivity contribution in [1.29, 1.82) is 0 Å². The van der Waals surface area contributed by atoms with Gasteiger partial charge >= 0.3 is 0 Å². The van der Waals surface area contributed by atoms with Gasteiger partial charge in [-0.2, -0.15) is 0 Å². The monoisotopic (exact) mass is 274 g/mol. The number of phenolic OH excluding ortho intramolecular Hbond substituents is 1. The van der Waals surface area contributed by atoms with Crippen molar-refractivity contribution >= 4 is 11.6 Å². The number of anilines is 1. The van der Waals surface area contributed by atoms with E-state index in [0.29, 0.717) is 12.2 Å². The average molecular weight is 274 g/mol. The molecule has 0 atom stereocenters. The fourth-order valence-corrected chi connectivity index (χ4v) is 1.86. The highest BCUT2D eigenvalue weighted by atomic mass is 19.1. The summed E-state index contributed by atoms with van der Waals surface area (Å²) in [7, 11) is 1.80. The SMILES string of the molecule is CNCc1ccccc1NC(=O)c1ccc(O)cc1F. The van der Waals surface area contributed by atoms with Gasteiger partial charge in [-0.05, 0) is 30.8 Å². The van der Waals surface area contributed by atoms with Crippen molar-refractivity contribution in [3.8, 4) is 5.75 Å². The van der Waals surface area contributed by atoms with Gasteiger partial charge in [-0.1, -0.05) is 18.2 Å². The largest absolute Gasteiger partial charge is 0.508 e. The lowest BCUT2D eigenvalue weighted by atomic mass is 10.1. The Morgan fingerprint density at radius 2 is 2.00 bits per heavy atom. The Morgan fingerprint density at radius 1 is 1.25 bits per heavy atom. The predicted octanol–water partition coefficient (Wildman–Crippen LogP) is 2.50. The number of carbonyl (C=O) groups excluding carboxylic acids is 1. The number of phenols is 1. The van der Waals surface area contributed by atoms with Crippen LogP contribution >= 0.6 is 0 Å². The molecule has 0 saturated carbocycles. The van der Waals surface area contributed by atoms with Crippen molar-refractivity contribution in [3.05, 3.63) is 59.4 Å². The van der Waals surface area contributed by atoms with E-state index in [1.807, 2.05) is 12.1 Å². The highest BCUT2D eigenvalue weighted by Gasteiger charge is 2.13. The molecule has 4 nitrogen and oxygen atoms in total. The van der Waals surface area contributed by atoms with Crippen LogP contribution in [0, 0.1) is 5.82 Å². The van der Waals surface area contributed by atoms with Crippen LogP contribution in [0.4, 0.5) is 10.1 Å². The summed E-state index contributed by atoms with van der Waals surface area (Å²) in [6.45, 7) is 0.592. The number of aromatic hydroxyl groups is 1. The van der Waals surface area contributed by atoms with Gasteiger partial charge in [0, 0.05) is 18.3 Å². The third kappa shape index (κ3) is 3.13. The van der Waals surface area contributed by atoms with E-state index in [0.717, 1.165) is 11.6 Å². The predicted molar refractivity (Wildman–Crippen MR) is 75.2 cm³/mol. The van der Waals surface area contributed by atoms with Crippen LogP contribution in [0.1, 0.15) is 15.9 Å². The van der Waals surface area contributed by atoms with Crippen molar-refractivity contribution in [2.24, 2.45) is 0 Å². The van der Waals surface area contributed by atoms with Crippen LogP contribution in [-0.4, -0.2) is 18.1 Å². The van der Waals surface area contributed by atoms with Gasteiger partial charge in [0.1, 0.15) is 11.6 Å². The minimum atomic E-state index is -0.756. The number of hydrogen-bond donors (Lipinski definition) is 3. The lowest BCUT2D eigenvalue weighted by Gasteiger charge is -2.11. The van der Waals surface area contributed by atoms with E-state index >= 15 is 0 Å². The molecule has 1 amide bonds. The van der Waals surface area contributed by atoms with E-state index < -0.39 is 11.7 Å². The second-order valence-corrected chi connectivity index (χ2v) is 4.31. The molecular weight excluding hydrogens is 259 g/mol. The number of carbonyl (C=O) groups is 1. The maximum atomic E-state index is 13.6. The smallest absolute Gasteiger partial charge is 0.258 e. The number of nitrogens with one attached hydrogen (secondary N) is 2. The summed E-state index contributed by atoms with van der Waals surface area (Å²) in [5.74, 6) is -1.52. The molecule has 5 heteroatoms. The molecule has 0 saturated heterocycles. The Kier molecular flexibility index (Phi) is 4.32. The minimum Gasteiger partial charge on any atom is -0.508 e. The van der Waals surface area contributed by atoms with Gasteiger partial charge in [-0.3, -0.25) is 4.79 Å². The van der Waals surface area contributed by atoms with E-state index in [4.69, 9.17) is 5.11 Å². The third-order valence-electron chi connectivity index (χ3n) is 2.83. The normalized spacial score (nSPS) is 10.3. The van der Waals surface area contributed by atoms with E-state index in [1.54, 1.807) is 19.2 Å². The van der Waals surface area contributed by atoms with Gasteiger partial charge in [-0.15, -0.1) is 0 Å². The molecule has 3 N–H and O–H groups in total.